The van der Waals surface area contributed by atoms with Crippen LogP contribution in [-0.4, -0.2) is 40.5 Å². The monoisotopic (exact) mass is 343 g/mol. The number of piperidine rings is 1. The van der Waals surface area contributed by atoms with Crippen molar-refractivity contribution in [2.24, 2.45) is 12.5 Å². The molecule has 0 unspecified atom stereocenters. The van der Waals surface area contributed by atoms with Gasteiger partial charge in [0.2, 0.25) is 0 Å². The van der Waals surface area contributed by atoms with E-state index in [4.69, 9.17) is 4.74 Å². The van der Waals surface area contributed by atoms with Gasteiger partial charge < -0.3 is 4.74 Å². The Morgan fingerprint density at radius 1 is 1.20 bits per heavy atom. The molecular formula is C20H26FN3O. The van der Waals surface area contributed by atoms with Gasteiger partial charge in [-0.25, -0.2) is 4.39 Å². The highest BCUT2D eigenvalue weighted by atomic mass is 19.1. The molecule has 0 saturated carbocycles. The van der Waals surface area contributed by atoms with Gasteiger partial charge in [-0.05, 0) is 61.9 Å². The number of hydrogen-bond donors (Lipinski definition) is 0. The third-order valence-electron chi connectivity index (χ3n) is 5.74. The van der Waals surface area contributed by atoms with E-state index in [9.17, 15) is 4.39 Å². The summed E-state index contributed by atoms with van der Waals surface area (Å²) in [5, 5.41) is 4.25. The first-order chi connectivity index (χ1) is 12.1. The van der Waals surface area contributed by atoms with E-state index in [0.29, 0.717) is 5.41 Å². The second-order valence-electron chi connectivity index (χ2n) is 7.77. The number of ether oxygens (including phenoxy) is 1. The molecule has 4 nitrogen and oxygen atoms in total. The fourth-order valence-electron chi connectivity index (χ4n) is 4.26. The van der Waals surface area contributed by atoms with Crippen LogP contribution in [0.4, 0.5) is 4.39 Å². The number of likely N-dealkylation sites (tertiary alicyclic amines) is 1. The number of nitrogens with zero attached hydrogens (tertiary/aromatic N) is 3. The lowest BCUT2D eigenvalue weighted by Gasteiger charge is -2.38. The van der Waals surface area contributed by atoms with Gasteiger partial charge in [0.1, 0.15) is 5.82 Å². The first kappa shape index (κ1) is 16.7. The van der Waals surface area contributed by atoms with Crippen LogP contribution in [0.3, 0.4) is 0 Å². The maximum absolute atomic E-state index is 13.0. The molecule has 2 saturated heterocycles. The van der Waals surface area contributed by atoms with Crippen molar-refractivity contribution in [3.8, 4) is 0 Å². The van der Waals surface area contributed by atoms with E-state index < -0.39 is 0 Å². The van der Waals surface area contributed by atoms with Gasteiger partial charge in [-0.3, -0.25) is 9.58 Å². The minimum atomic E-state index is -0.173. The van der Waals surface area contributed by atoms with Gasteiger partial charge in [-0.2, -0.15) is 5.10 Å². The molecule has 25 heavy (non-hydrogen) atoms. The molecule has 2 aliphatic rings. The third kappa shape index (κ3) is 3.93. The van der Waals surface area contributed by atoms with Gasteiger partial charge >= 0.3 is 0 Å². The highest BCUT2D eigenvalue weighted by Gasteiger charge is 2.42. The average Bonchev–Trinajstić information content (AvgIpc) is 3.19. The van der Waals surface area contributed by atoms with Gasteiger partial charge in [-0.15, -0.1) is 0 Å². The Morgan fingerprint density at radius 2 is 1.96 bits per heavy atom. The Balaban J connectivity index is 1.29. The Kier molecular flexibility index (Phi) is 4.61. The van der Waals surface area contributed by atoms with E-state index in [1.165, 1.54) is 30.5 Å². The maximum Gasteiger partial charge on any atom is 0.123 e. The van der Waals surface area contributed by atoms with Crippen LogP contribution in [0.1, 0.15) is 30.4 Å². The minimum absolute atomic E-state index is 0.173. The van der Waals surface area contributed by atoms with Gasteiger partial charge in [0.05, 0.1) is 18.9 Å². The SMILES string of the molecule is Cn1cc(CN2CCC3(CC2)CO[C@@H](Cc2ccc(F)cc2)C3)cn1. The lowest BCUT2D eigenvalue weighted by molar-refractivity contribution is 0.0631. The van der Waals surface area contributed by atoms with Crippen LogP contribution in [0.2, 0.25) is 0 Å². The highest BCUT2D eigenvalue weighted by molar-refractivity contribution is 5.17. The standard InChI is InChI=1S/C20H26FN3O/c1-23-13-17(12-22-23)14-24-8-6-20(7-9-24)11-19(25-15-20)10-16-2-4-18(21)5-3-16/h2-5,12-13,19H,6-11,14-15H2,1H3/t19-/m0/s1. The third-order valence-corrected chi connectivity index (χ3v) is 5.74. The smallest absolute Gasteiger partial charge is 0.123 e. The predicted molar refractivity (Wildman–Crippen MR) is 94.6 cm³/mol. The molecule has 5 heteroatoms. The molecule has 1 atom stereocenters. The van der Waals surface area contributed by atoms with E-state index >= 15 is 0 Å². The van der Waals surface area contributed by atoms with Crippen molar-refractivity contribution in [2.75, 3.05) is 19.7 Å². The number of aromatic nitrogens is 2. The number of aryl methyl sites for hydroxylation is 1. The van der Waals surface area contributed by atoms with Crippen LogP contribution in [0.15, 0.2) is 36.7 Å². The van der Waals surface area contributed by atoms with Crippen molar-refractivity contribution in [3.05, 3.63) is 53.6 Å². The summed E-state index contributed by atoms with van der Waals surface area (Å²) in [5.41, 5.74) is 2.80. The van der Waals surface area contributed by atoms with Gasteiger partial charge in [0, 0.05) is 25.4 Å². The fraction of sp³-hybridized carbons (Fsp3) is 0.550. The van der Waals surface area contributed by atoms with E-state index in [-0.39, 0.29) is 11.9 Å². The van der Waals surface area contributed by atoms with Gasteiger partial charge in [0.15, 0.2) is 0 Å². The number of hydrogen-bond acceptors (Lipinski definition) is 3. The summed E-state index contributed by atoms with van der Waals surface area (Å²) >= 11 is 0. The molecule has 2 fully saturated rings. The summed E-state index contributed by atoms with van der Waals surface area (Å²) in [5.74, 6) is -0.173. The first-order valence-electron chi connectivity index (χ1n) is 9.16. The molecule has 134 valence electrons. The predicted octanol–water partition coefficient (Wildman–Crippen LogP) is 3.17. The Bertz CT molecular complexity index is 704. The van der Waals surface area contributed by atoms with Crippen LogP contribution >= 0.6 is 0 Å². The van der Waals surface area contributed by atoms with Crippen molar-refractivity contribution in [1.82, 2.24) is 14.7 Å². The maximum atomic E-state index is 13.0. The van der Waals surface area contributed by atoms with E-state index in [1.807, 2.05) is 30.1 Å². The van der Waals surface area contributed by atoms with Gasteiger partial charge in [-0.1, -0.05) is 12.1 Å². The number of benzene rings is 1. The van der Waals surface area contributed by atoms with Crippen molar-refractivity contribution in [2.45, 2.75) is 38.3 Å². The van der Waals surface area contributed by atoms with Crippen LogP contribution in [-0.2, 0) is 24.8 Å². The zero-order chi connectivity index (χ0) is 17.3. The van der Waals surface area contributed by atoms with E-state index in [0.717, 1.165) is 44.6 Å². The average molecular weight is 343 g/mol. The number of halogens is 1. The molecule has 2 aromatic rings. The van der Waals surface area contributed by atoms with Gasteiger partial charge in [0.25, 0.3) is 0 Å². The molecule has 1 aromatic heterocycles. The summed E-state index contributed by atoms with van der Waals surface area (Å²) in [4.78, 5) is 2.52. The summed E-state index contributed by atoms with van der Waals surface area (Å²) in [6.45, 7) is 4.12. The largest absolute Gasteiger partial charge is 0.377 e. The molecule has 2 aliphatic heterocycles. The minimum Gasteiger partial charge on any atom is -0.377 e. The fourth-order valence-corrected chi connectivity index (χ4v) is 4.26. The zero-order valence-corrected chi connectivity index (χ0v) is 14.8. The molecule has 4 rings (SSSR count). The van der Waals surface area contributed by atoms with Crippen LogP contribution in [0, 0.1) is 11.2 Å². The molecule has 0 bridgehead atoms. The Hall–Kier alpha value is -1.72. The quantitative estimate of drug-likeness (QED) is 0.854. The zero-order valence-electron chi connectivity index (χ0n) is 14.8. The molecule has 0 amide bonds. The lowest BCUT2D eigenvalue weighted by atomic mass is 9.76. The van der Waals surface area contributed by atoms with Crippen molar-refractivity contribution in [3.63, 3.8) is 0 Å². The van der Waals surface area contributed by atoms with Crippen molar-refractivity contribution in [1.29, 1.82) is 0 Å². The molecule has 1 aromatic carbocycles. The van der Waals surface area contributed by atoms with E-state index in [1.54, 1.807) is 0 Å². The molecule has 3 heterocycles. The summed E-state index contributed by atoms with van der Waals surface area (Å²) in [7, 11) is 1.96. The molecular weight excluding hydrogens is 317 g/mol. The van der Waals surface area contributed by atoms with Crippen LogP contribution in [0.5, 0.6) is 0 Å². The van der Waals surface area contributed by atoms with Crippen LogP contribution < -0.4 is 0 Å². The summed E-state index contributed by atoms with van der Waals surface area (Å²) in [6, 6.07) is 6.83. The summed E-state index contributed by atoms with van der Waals surface area (Å²) in [6.07, 6.45) is 8.76. The normalized spacial score (nSPS) is 23.4. The van der Waals surface area contributed by atoms with E-state index in [2.05, 4.69) is 16.2 Å². The summed E-state index contributed by atoms with van der Waals surface area (Å²) < 4.78 is 21.0. The van der Waals surface area contributed by atoms with Crippen molar-refractivity contribution < 1.29 is 9.13 Å². The van der Waals surface area contributed by atoms with Crippen molar-refractivity contribution >= 4 is 0 Å². The molecule has 0 N–H and O–H groups in total. The Morgan fingerprint density at radius 3 is 2.64 bits per heavy atom. The molecule has 1 spiro atoms. The molecule has 0 radical (unpaired) electrons. The first-order valence-corrected chi connectivity index (χ1v) is 9.16. The lowest BCUT2D eigenvalue weighted by Crippen LogP contribution is -2.40. The number of rotatable bonds is 4. The second kappa shape index (κ2) is 6.89. The highest BCUT2D eigenvalue weighted by Crippen LogP contribution is 2.42. The second-order valence-corrected chi connectivity index (χ2v) is 7.77. The molecule has 0 aliphatic carbocycles. The Labute approximate surface area is 148 Å². The topological polar surface area (TPSA) is 30.3 Å². The van der Waals surface area contributed by atoms with Crippen LogP contribution in [0.25, 0.3) is 0 Å².